The van der Waals surface area contributed by atoms with Crippen molar-refractivity contribution in [3.63, 3.8) is 0 Å². The molecule has 4 aliphatic rings. The van der Waals surface area contributed by atoms with Crippen LogP contribution in [-0.2, 0) is 33.2 Å². The Morgan fingerprint density at radius 3 is 2.43 bits per heavy atom. The van der Waals surface area contributed by atoms with Crippen LogP contribution in [0.4, 0.5) is 0 Å². The molecular formula is C19H30O8S. The first-order valence-electron chi connectivity index (χ1n) is 9.78. The van der Waals surface area contributed by atoms with Crippen LogP contribution in [-0.4, -0.2) is 41.9 Å². The minimum Gasteiger partial charge on any atom is -0.464 e. The predicted octanol–water partition coefficient (Wildman–Crippen LogP) is 3.36. The Balaban J connectivity index is 1.60. The lowest BCUT2D eigenvalue weighted by Gasteiger charge is -2.58. The Hall–Kier alpha value is -0.870. The van der Waals surface area contributed by atoms with Gasteiger partial charge in [-0.1, -0.05) is 5.04 Å². The van der Waals surface area contributed by atoms with Gasteiger partial charge in [0.2, 0.25) is 0 Å². The second-order valence-corrected chi connectivity index (χ2v) is 10.3. The van der Waals surface area contributed by atoms with Crippen LogP contribution in [0, 0.1) is 29.1 Å². The van der Waals surface area contributed by atoms with Crippen molar-refractivity contribution in [1.29, 1.82) is 0 Å². The molecule has 4 aliphatic carbocycles. The summed E-state index contributed by atoms with van der Waals surface area (Å²) in [6, 6.07) is 0. The van der Waals surface area contributed by atoms with Gasteiger partial charge in [0.25, 0.3) is 0 Å². The number of hydrogen-bond acceptors (Lipinski definition) is 9. The number of carbonyl (C=O) groups excluding carboxylic acids is 2. The van der Waals surface area contributed by atoms with Gasteiger partial charge in [-0.2, -0.15) is 0 Å². The Labute approximate surface area is 169 Å². The molecule has 8 nitrogen and oxygen atoms in total. The van der Waals surface area contributed by atoms with E-state index in [0.29, 0.717) is 36.4 Å². The number of rotatable bonds is 9. The van der Waals surface area contributed by atoms with Crippen molar-refractivity contribution in [3.8, 4) is 0 Å². The number of esters is 2. The molecule has 0 aromatic carbocycles. The van der Waals surface area contributed by atoms with Crippen LogP contribution < -0.4 is 0 Å². The predicted molar refractivity (Wildman–Crippen MR) is 99.5 cm³/mol. The molecule has 0 aromatic heterocycles. The fourth-order valence-corrected chi connectivity index (χ4v) is 5.78. The lowest BCUT2D eigenvalue weighted by atomic mass is 9.46. The Kier molecular flexibility index (Phi) is 6.61. The van der Waals surface area contributed by atoms with E-state index in [0.717, 1.165) is 32.1 Å². The molecule has 9 heteroatoms. The van der Waals surface area contributed by atoms with Gasteiger partial charge in [-0.15, -0.1) is 4.33 Å². The molecule has 0 amide bonds. The van der Waals surface area contributed by atoms with Gasteiger partial charge < -0.3 is 14.2 Å². The monoisotopic (exact) mass is 418 g/mol. The van der Waals surface area contributed by atoms with Crippen molar-refractivity contribution in [2.24, 2.45) is 29.1 Å². The minimum absolute atomic E-state index is 0.143. The van der Waals surface area contributed by atoms with Crippen molar-refractivity contribution in [2.45, 2.75) is 63.9 Å². The van der Waals surface area contributed by atoms with E-state index in [9.17, 15) is 9.59 Å². The molecule has 4 rings (SSSR count). The molecule has 0 saturated heterocycles. The van der Waals surface area contributed by atoms with E-state index in [1.807, 2.05) is 0 Å². The zero-order valence-electron chi connectivity index (χ0n) is 16.8. The van der Waals surface area contributed by atoms with Crippen molar-refractivity contribution < 1.29 is 38.4 Å². The van der Waals surface area contributed by atoms with Gasteiger partial charge in [-0.05, 0) is 76.5 Å². The van der Waals surface area contributed by atoms with Crippen molar-refractivity contribution in [3.05, 3.63) is 0 Å². The summed E-state index contributed by atoms with van der Waals surface area (Å²) in [5.41, 5.74) is -0.411. The Bertz CT molecular complexity index is 578. The third-order valence-electron chi connectivity index (χ3n) is 6.68. The van der Waals surface area contributed by atoms with Gasteiger partial charge >= 0.3 is 11.9 Å². The van der Waals surface area contributed by atoms with Crippen LogP contribution in [0.25, 0.3) is 0 Å². The van der Waals surface area contributed by atoms with Gasteiger partial charge in [0.1, 0.15) is 4.75 Å². The summed E-state index contributed by atoms with van der Waals surface area (Å²) in [5, 5.41) is 11.9. The number of methoxy groups -OCH3 is 1. The van der Waals surface area contributed by atoms with Crippen LogP contribution in [0.5, 0.6) is 0 Å². The zero-order valence-corrected chi connectivity index (χ0v) is 17.7. The molecule has 1 N–H and O–H groups in total. The van der Waals surface area contributed by atoms with E-state index in [-0.39, 0.29) is 11.9 Å². The van der Waals surface area contributed by atoms with Crippen LogP contribution in [0.3, 0.4) is 0 Å². The second kappa shape index (κ2) is 8.47. The Morgan fingerprint density at radius 1 is 1.21 bits per heavy atom. The highest BCUT2D eigenvalue weighted by molar-refractivity contribution is 7.96. The highest BCUT2D eigenvalue weighted by Gasteiger charge is 2.59. The largest absolute Gasteiger partial charge is 0.464 e. The second-order valence-electron chi connectivity index (χ2n) is 8.96. The van der Waals surface area contributed by atoms with E-state index >= 15 is 0 Å². The molecule has 3 unspecified atom stereocenters. The fraction of sp³-hybridized carbons (Fsp3) is 0.895. The summed E-state index contributed by atoms with van der Waals surface area (Å²) in [6.45, 7) is 5.34. The first-order valence-corrected chi connectivity index (χ1v) is 10.5. The van der Waals surface area contributed by atoms with E-state index in [1.165, 1.54) is 7.11 Å². The Morgan fingerprint density at radius 2 is 1.86 bits per heavy atom. The first-order chi connectivity index (χ1) is 13.2. The smallest absolute Gasteiger partial charge is 0.324 e. The van der Waals surface area contributed by atoms with E-state index < -0.39 is 22.4 Å². The van der Waals surface area contributed by atoms with Gasteiger partial charge in [0.05, 0.1) is 24.1 Å². The quantitative estimate of drug-likeness (QED) is 0.199. The van der Waals surface area contributed by atoms with Crippen LogP contribution in [0.1, 0.15) is 52.9 Å². The molecule has 0 heterocycles. The third kappa shape index (κ3) is 4.33. The molecule has 4 bridgehead atoms. The maximum Gasteiger partial charge on any atom is 0.324 e. The minimum atomic E-state index is -1.00. The third-order valence-corrected chi connectivity index (χ3v) is 7.39. The summed E-state index contributed by atoms with van der Waals surface area (Å²) >= 11 is 0.693. The van der Waals surface area contributed by atoms with Gasteiger partial charge in [-0.3, -0.25) is 9.59 Å². The van der Waals surface area contributed by atoms with Crippen LogP contribution >= 0.6 is 12.0 Å². The molecule has 28 heavy (non-hydrogen) atoms. The summed E-state index contributed by atoms with van der Waals surface area (Å²) in [6.07, 6.45) is 4.08. The van der Waals surface area contributed by atoms with Gasteiger partial charge in [0.15, 0.2) is 6.29 Å². The van der Waals surface area contributed by atoms with Crippen LogP contribution in [0.15, 0.2) is 0 Å². The van der Waals surface area contributed by atoms with E-state index in [4.69, 9.17) is 19.5 Å². The average molecular weight is 419 g/mol. The summed E-state index contributed by atoms with van der Waals surface area (Å²) < 4.78 is 19.6. The average Bonchev–Trinajstić information content (AvgIpc) is 2.64. The zero-order chi connectivity index (χ0) is 20.5. The summed E-state index contributed by atoms with van der Waals surface area (Å²) in [7, 11) is 1.53. The van der Waals surface area contributed by atoms with Crippen molar-refractivity contribution >= 4 is 24.0 Å². The molecule has 0 aromatic rings. The highest BCUT2D eigenvalue weighted by atomic mass is 32.2. The fourth-order valence-electron chi connectivity index (χ4n) is 5.46. The van der Waals surface area contributed by atoms with E-state index in [2.05, 4.69) is 9.37 Å². The molecule has 0 spiro atoms. The molecule has 0 radical (unpaired) electrons. The van der Waals surface area contributed by atoms with Crippen molar-refractivity contribution in [2.75, 3.05) is 13.7 Å². The number of ether oxygens (including phenoxy) is 3. The molecule has 0 aliphatic heterocycles. The first kappa shape index (κ1) is 21.8. The lowest BCUT2D eigenvalue weighted by Crippen LogP contribution is -2.56. The number of carbonyl (C=O) groups is 2. The standard InChI is InChI=1S/C19H30O8S/c1-11(23-4)25-17(21)19-7-12-5-13(8-19)15(14(6-12)9-19)10-24-16(20)18(2,3)28-27-26-22/h11-15,22H,5-10H2,1-4H3. The number of hydrogen-bond donors (Lipinski definition) is 1. The van der Waals surface area contributed by atoms with E-state index in [1.54, 1.807) is 20.8 Å². The summed E-state index contributed by atoms with van der Waals surface area (Å²) in [5.74, 6) is 0.949. The SMILES string of the molecule is COC(C)OC(=O)C12CC3CC(C1)C(COC(=O)C(C)(C)SOOO)C(C3)C2. The van der Waals surface area contributed by atoms with Gasteiger partial charge in [-0.25, -0.2) is 5.26 Å². The molecule has 3 atom stereocenters. The van der Waals surface area contributed by atoms with Crippen molar-refractivity contribution in [1.82, 2.24) is 0 Å². The highest BCUT2D eigenvalue weighted by Crippen LogP contribution is 2.62. The molecule has 160 valence electrons. The summed E-state index contributed by atoms with van der Waals surface area (Å²) in [4.78, 5) is 25.2. The molecular weight excluding hydrogens is 388 g/mol. The molecule has 4 fully saturated rings. The normalized spacial score (nSPS) is 34.9. The molecule has 4 saturated carbocycles. The maximum absolute atomic E-state index is 12.8. The lowest BCUT2D eigenvalue weighted by molar-refractivity contribution is -0.432. The van der Waals surface area contributed by atoms with Crippen LogP contribution in [0.2, 0.25) is 0 Å². The maximum atomic E-state index is 12.8. The van der Waals surface area contributed by atoms with Gasteiger partial charge in [0, 0.05) is 7.11 Å². The topological polar surface area (TPSA) is 101 Å².